The van der Waals surface area contributed by atoms with Crippen molar-refractivity contribution in [2.75, 3.05) is 13.1 Å². The maximum atomic E-state index is 13.1. The minimum Gasteiger partial charge on any atom is -0.315 e. The lowest BCUT2D eigenvalue weighted by Gasteiger charge is -2.24. The van der Waals surface area contributed by atoms with Crippen LogP contribution in [0.25, 0.3) is 0 Å². The predicted octanol–water partition coefficient (Wildman–Crippen LogP) is 1.58. The summed E-state index contributed by atoms with van der Waals surface area (Å²) in [7, 11) is 0. The third-order valence-electron chi connectivity index (χ3n) is 3.31. The van der Waals surface area contributed by atoms with E-state index < -0.39 is 10.7 Å². The zero-order valence-electron chi connectivity index (χ0n) is 10.2. The molecule has 98 valence electrons. The second kappa shape index (κ2) is 4.99. The second-order valence-corrected chi connectivity index (χ2v) is 4.87. The van der Waals surface area contributed by atoms with Crippen LogP contribution in [0, 0.1) is 15.9 Å². The number of hydrogen-bond acceptors (Lipinski definition) is 4. The zero-order valence-corrected chi connectivity index (χ0v) is 10.2. The third kappa shape index (κ3) is 2.83. The Balaban J connectivity index is 2.12. The molecule has 1 saturated heterocycles. The highest BCUT2D eigenvalue weighted by Crippen LogP contribution is 2.21. The second-order valence-electron chi connectivity index (χ2n) is 4.87. The SMILES string of the molecule is CC1(NCc2cc(F)ccc2[N+](=O)[O-])CCNC1. The van der Waals surface area contributed by atoms with E-state index in [0.29, 0.717) is 12.1 Å². The molecular weight excluding hydrogens is 237 g/mol. The molecule has 1 unspecified atom stereocenters. The van der Waals surface area contributed by atoms with Crippen molar-refractivity contribution in [2.24, 2.45) is 0 Å². The topological polar surface area (TPSA) is 67.2 Å². The van der Waals surface area contributed by atoms with Gasteiger partial charge in [-0.2, -0.15) is 0 Å². The van der Waals surface area contributed by atoms with Crippen LogP contribution >= 0.6 is 0 Å². The van der Waals surface area contributed by atoms with E-state index in [1.165, 1.54) is 12.1 Å². The van der Waals surface area contributed by atoms with Gasteiger partial charge in [0.15, 0.2) is 0 Å². The van der Waals surface area contributed by atoms with Crippen LogP contribution in [0.15, 0.2) is 18.2 Å². The summed E-state index contributed by atoms with van der Waals surface area (Å²) in [5, 5.41) is 17.3. The fourth-order valence-corrected chi connectivity index (χ4v) is 2.15. The number of benzene rings is 1. The Morgan fingerprint density at radius 3 is 3.00 bits per heavy atom. The average molecular weight is 253 g/mol. The van der Waals surface area contributed by atoms with Crippen LogP contribution < -0.4 is 10.6 Å². The zero-order chi connectivity index (χ0) is 13.2. The van der Waals surface area contributed by atoms with Gasteiger partial charge in [-0.3, -0.25) is 10.1 Å². The van der Waals surface area contributed by atoms with Crippen LogP contribution in [0.4, 0.5) is 10.1 Å². The smallest absolute Gasteiger partial charge is 0.274 e. The van der Waals surface area contributed by atoms with E-state index in [4.69, 9.17) is 0 Å². The molecule has 2 rings (SSSR count). The van der Waals surface area contributed by atoms with Crippen molar-refractivity contribution >= 4 is 5.69 Å². The number of hydrogen-bond donors (Lipinski definition) is 2. The number of nitrogens with one attached hydrogen (secondary N) is 2. The van der Waals surface area contributed by atoms with E-state index in [9.17, 15) is 14.5 Å². The first-order valence-electron chi connectivity index (χ1n) is 5.89. The van der Waals surface area contributed by atoms with Gasteiger partial charge < -0.3 is 10.6 Å². The molecule has 2 N–H and O–H groups in total. The number of nitrogens with zero attached hydrogens (tertiary/aromatic N) is 1. The Morgan fingerprint density at radius 2 is 2.39 bits per heavy atom. The van der Waals surface area contributed by atoms with E-state index in [1.807, 2.05) is 0 Å². The molecular formula is C12H16FN3O2. The number of nitro benzene ring substituents is 1. The summed E-state index contributed by atoms with van der Waals surface area (Å²) in [5.74, 6) is -0.452. The Morgan fingerprint density at radius 1 is 1.61 bits per heavy atom. The first kappa shape index (κ1) is 12.9. The molecule has 6 heteroatoms. The molecule has 1 aromatic rings. The maximum absolute atomic E-state index is 13.1. The predicted molar refractivity (Wildman–Crippen MR) is 65.8 cm³/mol. The van der Waals surface area contributed by atoms with E-state index in [1.54, 1.807) is 0 Å². The molecule has 0 bridgehead atoms. The van der Waals surface area contributed by atoms with E-state index in [2.05, 4.69) is 17.6 Å². The van der Waals surface area contributed by atoms with Crippen molar-refractivity contribution in [3.05, 3.63) is 39.7 Å². The summed E-state index contributed by atoms with van der Waals surface area (Å²) in [6, 6.07) is 3.54. The highest BCUT2D eigenvalue weighted by atomic mass is 19.1. The van der Waals surface area contributed by atoms with Crippen molar-refractivity contribution in [1.82, 2.24) is 10.6 Å². The summed E-state index contributed by atoms with van der Waals surface area (Å²) in [6.07, 6.45) is 0.954. The van der Waals surface area contributed by atoms with Crippen LogP contribution in [-0.2, 0) is 6.54 Å². The van der Waals surface area contributed by atoms with Crippen LogP contribution in [-0.4, -0.2) is 23.6 Å². The Labute approximate surface area is 105 Å². The quantitative estimate of drug-likeness (QED) is 0.631. The molecule has 0 aliphatic carbocycles. The van der Waals surface area contributed by atoms with Crippen molar-refractivity contribution in [1.29, 1.82) is 0 Å². The van der Waals surface area contributed by atoms with Gasteiger partial charge in [0.05, 0.1) is 4.92 Å². The molecule has 0 amide bonds. The largest absolute Gasteiger partial charge is 0.315 e. The molecule has 1 atom stereocenters. The monoisotopic (exact) mass is 253 g/mol. The average Bonchev–Trinajstić information content (AvgIpc) is 2.74. The molecule has 1 aliphatic heterocycles. The first-order chi connectivity index (χ1) is 8.50. The Hall–Kier alpha value is -1.53. The number of rotatable bonds is 4. The summed E-state index contributed by atoms with van der Waals surface area (Å²) in [4.78, 5) is 10.4. The van der Waals surface area contributed by atoms with Gasteiger partial charge >= 0.3 is 0 Å². The van der Waals surface area contributed by atoms with Crippen molar-refractivity contribution in [3.63, 3.8) is 0 Å². The normalized spacial score (nSPS) is 23.2. The van der Waals surface area contributed by atoms with E-state index in [0.717, 1.165) is 25.6 Å². The van der Waals surface area contributed by atoms with Crippen LogP contribution in [0.1, 0.15) is 18.9 Å². The van der Waals surface area contributed by atoms with Gasteiger partial charge in [0.2, 0.25) is 0 Å². The van der Waals surface area contributed by atoms with E-state index in [-0.39, 0.29) is 11.2 Å². The number of nitro groups is 1. The van der Waals surface area contributed by atoms with Crippen molar-refractivity contribution in [2.45, 2.75) is 25.4 Å². The van der Waals surface area contributed by atoms with Crippen LogP contribution in [0.2, 0.25) is 0 Å². The molecule has 0 radical (unpaired) electrons. The van der Waals surface area contributed by atoms with Gasteiger partial charge in [0.1, 0.15) is 5.82 Å². The highest BCUT2D eigenvalue weighted by Gasteiger charge is 2.28. The lowest BCUT2D eigenvalue weighted by atomic mass is 10.0. The number of halogens is 1. The van der Waals surface area contributed by atoms with Gasteiger partial charge in [-0.25, -0.2) is 4.39 Å². The minimum absolute atomic E-state index is 0.0431. The van der Waals surface area contributed by atoms with Gasteiger partial charge in [-0.05, 0) is 32.0 Å². The fourth-order valence-electron chi connectivity index (χ4n) is 2.15. The molecule has 18 heavy (non-hydrogen) atoms. The standard InChI is InChI=1S/C12H16FN3O2/c1-12(4-5-14-8-12)15-7-9-6-10(13)2-3-11(9)16(17)18/h2-3,6,14-15H,4-5,7-8H2,1H3. The molecule has 0 spiro atoms. The summed E-state index contributed by atoms with van der Waals surface area (Å²) in [5.41, 5.74) is 0.256. The van der Waals surface area contributed by atoms with Gasteiger partial charge in [-0.15, -0.1) is 0 Å². The Kier molecular flexibility index (Phi) is 3.58. The third-order valence-corrected chi connectivity index (χ3v) is 3.31. The highest BCUT2D eigenvalue weighted by molar-refractivity contribution is 5.40. The molecule has 1 heterocycles. The molecule has 1 aliphatic rings. The van der Waals surface area contributed by atoms with Crippen molar-refractivity contribution in [3.8, 4) is 0 Å². The summed E-state index contributed by atoms with van der Waals surface area (Å²) >= 11 is 0. The van der Waals surface area contributed by atoms with Gasteiger partial charge in [-0.1, -0.05) is 0 Å². The molecule has 1 fully saturated rings. The van der Waals surface area contributed by atoms with Gasteiger partial charge in [0.25, 0.3) is 5.69 Å². The Bertz CT molecular complexity index is 459. The molecule has 5 nitrogen and oxygen atoms in total. The fraction of sp³-hybridized carbons (Fsp3) is 0.500. The minimum atomic E-state index is -0.480. The summed E-state index contributed by atoms with van der Waals surface area (Å²) in [6.45, 7) is 4.09. The first-order valence-corrected chi connectivity index (χ1v) is 5.89. The lowest BCUT2D eigenvalue weighted by molar-refractivity contribution is -0.385. The lowest BCUT2D eigenvalue weighted by Crippen LogP contribution is -2.43. The van der Waals surface area contributed by atoms with Gasteiger partial charge in [0, 0.05) is 30.3 Å². The van der Waals surface area contributed by atoms with Crippen LogP contribution in [0.5, 0.6) is 0 Å². The maximum Gasteiger partial charge on any atom is 0.274 e. The summed E-state index contributed by atoms with van der Waals surface area (Å²) < 4.78 is 13.1. The molecule has 1 aromatic carbocycles. The van der Waals surface area contributed by atoms with Crippen molar-refractivity contribution < 1.29 is 9.31 Å². The molecule has 0 saturated carbocycles. The van der Waals surface area contributed by atoms with E-state index >= 15 is 0 Å². The molecule has 0 aromatic heterocycles. The van der Waals surface area contributed by atoms with Crippen LogP contribution in [0.3, 0.4) is 0 Å².